The largest absolute Gasteiger partial charge is 0.316 e. The number of rotatable bonds is 4. The summed E-state index contributed by atoms with van der Waals surface area (Å²) in [5, 5.41) is 3.22. The number of hydrogen-bond donors (Lipinski definition) is 2. The molecule has 0 fully saturated rings. The minimum Gasteiger partial charge on any atom is -0.316 e. The molecule has 13 heavy (non-hydrogen) atoms. The Hall–Kier alpha value is -0.610. The van der Waals surface area contributed by atoms with Gasteiger partial charge in [0.1, 0.15) is 0 Å². The zero-order valence-corrected chi connectivity index (χ0v) is 9.12. The van der Waals surface area contributed by atoms with E-state index in [2.05, 4.69) is 31.1 Å². The predicted octanol–water partition coefficient (Wildman–Crippen LogP) is 1.67. The lowest BCUT2D eigenvalue weighted by Crippen LogP contribution is -2.12. The molecule has 0 amide bonds. The van der Waals surface area contributed by atoms with Gasteiger partial charge in [-0.3, -0.25) is 4.79 Å². The first-order valence-corrected chi connectivity index (χ1v) is 5.39. The predicted molar refractivity (Wildman–Crippen MR) is 56.4 cm³/mol. The second-order valence-corrected chi connectivity index (χ2v) is 4.35. The number of aromatic nitrogens is 1. The minimum absolute atomic E-state index is 0.0524. The van der Waals surface area contributed by atoms with E-state index < -0.39 is 0 Å². The van der Waals surface area contributed by atoms with Crippen LogP contribution in [0.1, 0.15) is 37.3 Å². The summed E-state index contributed by atoms with van der Waals surface area (Å²) in [5.74, 6) is 0.396. The van der Waals surface area contributed by atoms with Crippen molar-refractivity contribution in [2.45, 2.75) is 33.2 Å². The van der Waals surface area contributed by atoms with E-state index in [4.69, 9.17) is 0 Å². The fourth-order valence-electron chi connectivity index (χ4n) is 1.21. The quantitative estimate of drug-likeness (QED) is 0.776. The summed E-state index contributed by atoms with van der Waals surface area (Å²) < 4.78 is 0. The second-order valence-electron chi connectivity index (χ2n) is 3.29. The number of nitrogens with one attached hydrogen (secondary N) is 2. The third-order valence-corrected chi connectivity index (χ3v) is 2.76. The summed E-state index contributed by atoms with van der Waals surface area (Å²) in [6.07, 6.45) is 0. The van der Waals surface area contributed by atoms with Gasteiger partial charge in [0.25, 0.3) is 0 Å². The van der Waals surface area contributed by atoms with Crippen LogP contribution in [0.3, 0.4) is 0 Å². The van der Waals surface area contributed by atoms with Crippen LogP contribution in [0.5, 0.6) is 0 Å². The lowest BCUT2D eigenvalue weighted by Gasteiger charge is -2.05. The molecule has 1 aromatic rings. The Morgan fingerprint density at radius 3 is 2.77 bits per heavy atom. The van der Waals surface area contributed by atoms with Gasteiger partial charge in [0, 0.05) is 17.1 Å². The van der Waals surface area contributed by atoms with Gasteiger partial charge in [0.15, 0.2) is 0 Å². The molecule has 0 atom stereocenters. The van der Waals surface area contributed by atoms with E-state index in [-0.39, 0.29) is 4.87 Å². The summed E-state index contributed by atoms with van der Waals surface area (Å²) in [4.78, 5) is 15.2. The van der Waals surface area contributed by atoms with E-state index in [1.165, 1.54) is 11.3 Å². The fraction of sp³-hybridized carbons (Fsp3) is 0.667. The van der Waals surface area contributed by atoms with Crippen molar-refractivity contribution in [3.05, 3.63) is 20.2 Å². The molecular weight excluding hydrogens is 184 g/mol. The summed E-state index contributed by atoms with van der Waals surface area (Å²) in [7, 11) is 0. The number of aromatic amines is 1. The molecule has 0 bridgehead atoms. The van der Waals surface area contributed by atoms with Crippen LogP contribution in [-0.4, -0.2) is 11.5 Å². The molecule has 2 N–H and O–H groups in total. The molecule has 0 saturated carbocycles. The monoisotopic (exact) mass is 200 g/mol. The fourth-order valence-corrected chi connectivity index (χ4v) is 2.16. The molecule has 0 unspecified atom stereocenters. The Bertz CT molecular complexity index is 314. The van der Waals surface area contributed by atoms with Crippen LogP contribution in [0.2, 0.25) is 0 Å². The molecule has 0 spiro atoms. The number of H-pyrrole nitrogens is 1. The molecule has 0 aromatic carbocycles. The molecule has 1 heterocycles. The van der Waals surface area contributed by atoms with Gasteiger partial charge in [-0.2, -0.15) is 0 Å². The van der Waals surface area contributed by atoms with E-state index in [0.29, 0.717) is 5.92 Å². The van der Waals surface area contributed by atoms with Gasteiger partial charge in [-0.25, -0.2) is 0 Å². The SMILES string of the molecule is CCNCc1sc(=O)[nH]c1C(C)C. The van der Waals surface area contributed by atoms with Crippen LogP contribution < -0.4 is 10.2 Å². The third-order valence-electron chi connectivity index (χ3n) is 1.87. The highest BCUT2D eigenvalue weighted by molar-refractivity contribution is 7.09. The van der Waals surface area contributed by atoms with Crippen LogP contribution in [0.4, 0.5) is 0 Å². The van der Waals surface area contributed by atoms with E-state index in [9.17, 15) is 4.79 Å². The zero-order chi connectivity index (χ0) is 9.84. The maximum atomic E-state index is 11.1. The average molecular weight is 200 g/mol. The lowest BCUT2D eigenvalue weighted by atomic mass is 10.1. The number of hydrogen-bond acceptors (Lipinski definition) is 3. The number of thiazole rings is 1. The topological polar surface area (TPSA) is 44.9 Å². The van der Waals surface area contributed by atoms with Gasteiger partial charge in [-0.1, -0.05) is 32.1 Å². The smallest absolute Gasteiger partial charge is 0.304 e. The van der Waals surface area contributed by atoms with Crippen LogP contribution in [-0.2, 0) is 6.54 Å². The highest BCUT2D eigenvalue weighted by Crippen LogP contribution is 2.18. The summed E-state index contributed by atoms with van der Waals surface area (Å²) in [6, 6.07) is 0. The Morgan fingerprint density at radius 1 is 1.54 bits per heavy atom. The molecule has 0 saturated heterocycles. The normalized spacial score (nSPS) is 11.1. The Morgan fingerprint density at radius 2 is 2.23 bits per heavy atom. The van der Waals surface area contributed by atoms with Gasteiger partial charge in [0.2, 0.25) is 0 Å². The Balaban J connectivity index is 2.84. The third kappa shape index (κ3) is 2.67. The lowest BCUT2D eigenvalue weighted by molar-refractivity contribution is 0.713. The van der Waals surface area contributed by atoms with E-state index in [0.717, 1.165) is 23.7 Å². The maximum Gasteiger partial charge on any atom is 0.304 e. The van der Waals surface area contributed by atoms with Gasteiger partial charge >= 0.3 is 4.87 Å². The summed E-state index contributed by atoms with van der Waals surface area (Å²) in [6.45, 7) is 7.97. The highest BCUT2D eigenvalue weighted by atomic mass is 32.1. The maximum absolute atomic E-state index is 11.1. The standard InChI is InChI=1S/C9H16N2OS/c1-4-10-5-7-8(6(2)3)11-9(12)13-7/h6,10H,4-5H2,1-3H3,(H,11,12). The van der Waals surface area contributed by atoms with Gasteiger partial charge < -0.3 is 10.3 Å². The van der Waals surface area contributed by atoms with Crippen LogP contribution in [0.25, 0.3) is 0 Å². The van der Waals surface area contributed by atoms with Crippen molar-refractivity contribution in [1.29, 1.82) is 0 Å². The van der Waals surface area contributed by atoms with Crippen molar-refractivity contribution in [3.8, 4) is 0 Å². The van der Waals surface area contributed by atoms with Crippen molar-refractivity contribution in [1.82, 2.24) is 10.3 Å². The van der Waals surface area contributed by atoms with Crippen LogP contribution in [0, 0.1) is 0 Å². The molecule has 0 aliphatic carbocycles. The van der Waals surface area contributed by atoms with E-state index in [1.54, 1.807) is 0 Å². The first-order chi connectivity index (χ1) is 6.15. The second kappa shape index (κ2) is 4.58. The Kier molecular flexibility index (Phi) is 3.69. The molecule has 3 nitrogen and oxygen atoms in total. The zero-order valence-electron chi connectivity index (χ0n) is 8.31. The van der Waals surface area contributed by atoms with Crippen LogP contribution >= 0.6 is 11.3 Å². The van der Waals surface area contributed by atoms with E-state index in [1.807, 2.05) is 0 Å². The van der Waals surface area contributed by atoms with Gasteiger partial charge in [0.05, 0.1) is 0 Å². The van der Waals surface area contributed by atoms with Gasteiger partial charge in [-0.15, -0.1) is 0 Å². The van der Waals surface area contributed by atoms with E-state index >= 15 is 0 Å². The minimum atomic E-state index is 0.0524. The van der Waals surface area contributed by atoms with Crippen molar-refractivity contribution in [2.75, 3.05) is 6.54 Å². The molecule has 0 radical (unpaired) electrons. The molecule has 4 heteroatoms. The molecule has 74 valence electrons. The summed E-state index contributed by atoms with van der Waals surface area (Å²) in [5.41, 5.74) is 1.08. The molecule has 0 aliphatic rings. The van der Waals surface area contributed by atoms with Crippen LogP contribution in [0.15, 0.2) is 4.79 Å². The van der Waals surface area contributed by atoms with Crippen molar-refractivity contribution < 1.29 is 0 Å². The molecule has 0 aliphatic heterocycles. The first kappa shape index (κ1) is 10.5. The van der Waals surface area contributed by atoms with Crippen molar-refractivity contribution in [3.63, 3.8) is 0 Å². The summed E-state index contributed by atoms with van der Waals surface area (Å²) >= 11 is 1.31. The average Bonchev–Trinajstić information content (AvgIpc) is 2.43. The highest BCUT2D eigenvalue weighted by Gasteiger charge is 2.10. The molecule has 1 rings (SSSR count). The first-order valence-electron chi connectivity index (χ1n) is 4.57. The molecular formula is C9H16N2OS. The van der Waals surface area contributed by atoms with Crippen molar-refractivity contribution >= 4 is 11.3 Å². The molecule has 1 aromatic heterocycles. The van der Waals surface area contributed by atoms with Gasteiger partial charge in [-0.05, 0) is 12.5 Å². The Labute approximate surface area is 82.2 Å². The van der Waals surface area contributed by atoms with Crippen molar-refractivity contribution in [2.24, 2.45) is 0 Å².